The van der Waals surface area contributed by atoms with Crippen molar-refractivity contribution < 1.29 is 32.2 Å². The molecule has 42 heavy (non-hydrogen) atoms. The molecule has 1 aliphatic rings. The normalized spacial score (nSPS) is 14.1. The van der Waals surface area contributed by atoms with Crippen LogP contribution < -0.4 is 4.74 Å². The highest BCUT2D eigenvalue weighted by Crippen LogP contribution is 2.40. The van der Waals surface area contributed by atoms with Crippen LogP contribution in [0.15, 0.2) is 36.7 Å². The SMILES string of the molecule is CCOc1cc([C@H](C)N2CCc3c(cc(CCN(C)CCO)cc3-c3cc(F)cnc3C(F)(F)F)C2=O)ncc1C#N. The molecule has 1 amide bonds. The maximum atomic E-state index is 14.3. The van der Waals surface area contributed by atoms with E-state index in [4.69, 9.17) is 4.74 Å². The maximum absolute atomic E-state index is 14.3. The van der Waals surface area contributed by atoms with Crippen molar-refractivity contribution >= 4 is 5.91 Å². The Morgan fingerprint density at radius 1 is 1.14 bits per heavy atom. The number of alkyl halides is 3. The molecular weight excluding hydrogens is 554 g/mol. The van der Waals surface area contributed by atoms with Gasteiger partial charge in [0, 0.05) is 43.0 Å². The van der Waals surface area contributed by atoms with E-state index in [0.29, 0.717) is 54.9 Å². The molecule has 12 heteroatoms. The lowest BCUT2D eigenvalue weighted by Crippen LogP contribution is -2.40. The first-order chi connectivity index (χ1) is 20.0. The summed E-state index contributed by atoms with van der Waals surface area (Å²) in [4.78, 5) is 25.1. The predicted molar refractivity (Wildman–Crippen MR) is 146 cm³/mol. The van der Waals surface area contributed by atoms with E-state index >= 15 is 0 Å². The van der Waals surface area contributed by atoms with Crippen molar-refractivity contribution in [2.24, 2.45) is 0 Å². The minimum Gasteiger partial charge on any atom is -0.492 e. The number of rotatable bonds is 10. The third-order valence-electron chi connectivity index (χ3n) is 7.28. The van der Waals surface area contributed by atoms with Crippen LogP contribution in [0.5, 0.6) is 5.75 Å². The van der Waals surface area contributed by atoms with E-state index in [1.807, 2.05) is 11.0 Å². The number of nitrogens with zero attached hydrogens (tertiary/aromatic N) is 5. The summed E-state index contributed by atoms with van der Waals surface area (Å²) in [6, 6.07) is 7.15. The Kier molecular flexibility index (Phi) is 9.43. The van der Waals surface area contributed by atoms with Crippen LogP contribution >= 0.6 is 0 Å². The smallest absolute Gasteiger partial charge is 0.433 e. The van der Waals surface area contributed by atoms with Gasteiger partial charge in [0.15, 0.2) is 5.69 Å². The standard InChI is InChI=1S/C30H31F4N5O3/c1-4-42-27-14-26(36-16-20(27)15-35)18(2)39-8-6-22-23(24-13-21(31)17-37-28(24)30(32,33)34)11-19(12-25(22)29(39)41)5-7-38(3)9-10-40/h11-14,16-18,40H,4-10H2,1-3H3/t18-/m0/s1. The summed E-state index contributed by atoms with van der Waals surface area (Å²) in [6.07, 6.45) is -2.34. The highest BCUT2D eigenvalue weighted by atomic mass is 19.4. The van der Waals surface area contributed by atoms with Gasteiger partial charge in [-0.05, 0) is 62.6 Å². The number of carbonyl (C=O) groups excluding carboxylic acids is 1. The summed E-state index contributed by atoms with van der Waals surface area (Å²) in [5.74, 6) is -0.983. The van der Waals surface area contributed by atoms with Gasteiger partial charge in [-0.1, -0.05) is 6.07 Å². The van der Waals surface area contributed by atoms with E-state index in [2.05, 4.69) is 9.97 Å². The van der Waals surface area contributed by atoms with E-state index in [9.17, 15) is 32.7 Å². The van der Waals surface area contributed by atoms with Crippen molar-refractivity contribution in [2.45, 2.75) is 38.9 Å². The molecule has 8 nitrogen and oxygen atoms in total. The van der Waals surface area contributed by atoms with Crippen LogP contribution in [0.1, 0.15) is 58.3 Å². The highest BCUT2D eigenvalue weighted by molar-refractivity contribution is 5.99. The number of aliphatic hydroxyl groups is 1. The molecule has 4 rings (SSSR count). The van der Waals surface area contributed by atoms with Gasteiger partial charge in [0.05, 0.1) is 31.1 Å². The van der Waals surface area contributed by atoms with Crippen molar-refractivity contribution in [1.29, 1.82) is 5.26 Å². The number of halogens is 4. The number of likely N-dealkylation sites (N-methyl/N-ethyl adjacent to an activating group) is 1. The first-order valence-corrected chi connectivity index (χ1v) is 13.5. The number of benzene rings is 1. The second-order valence-electron chi connectivity index (χ2n) is 10.1. The number of hydrogen-bond acceptors (Lipinski definition) is 7. The zero-order chi connectivity index (χ0) is 30.6. The molecule has 1 aromatic carbocycles. The summed E-state index contributed by atoms with van der Waals surface area (Å²) < 4.78 is 61.8. The molecule has 0 bridgehead atoms. The summed E-state index contributed by atoms with van der Waals surface area (Å²) >= 11 is 0. The van der Waals surface area contributed by atoms with Crippen molar-refractivity contribution in [3.63, 3.8) is 0 Å². The van der Waals surface area contributed by atoms with Crippen LogP contribution in [-0.4, -0.2) is 70.7 Å². The number of hydrogen-bond donors (Lipinski definition) is 1. The molecule has 1 N–H and O–H groups in total. The molecule has 222 valence electrons. The third kappa shape index (κ3) is 6.53. The average Bonchev–Trinajstić information content (AvgIpc) is 2.95. The minimum atomic E-state index is -4.84. The van der Waals surface area contributed by atoms with Crippen molar-refractivity contribution in [3.8, 4) is 22.9 Å². The summed E-state index contributed by atoms with van der Waals surface area (Å²) in [7, 11) is 1.80. The molecule has 1 atom stereocenters. The quantitative estimate of drug-likeness (QED) is 0.341. The molecule has 0 spiro atoms. The number of pyridine rings is 2. The summed E-state index contributed by atoms with van der Waals surface area (Å²) in [5.41, 5.74) is 0.407. The van der Waals surface area contributed by atoms with Gasteiger partial charge >= 0.3 is 6.18 Å². The molecule has 0 unspecified atom stereocenters. The van der Waals surface area contributed by atoms with Crippen molar-refractivity contribution in [1.82, 2.24) is 19.8 Å². The van der Waals surface area contributed by atoms with E-state index in [1.54, 1.807) is 44.0 Å². The topological polar surface area (TPSA) is 103 Å². The van der Waals surface area contributed by atoms with Crippen LogP contribution in [-0.2, 0) is 19.0 Å². The zero-order valence-electron chi connectivity index (χ0n) is 23.5. The van der Waals surface area contributed by atoms with Gasteiger partial charge in [-0.3, -0.25) is 9.78 Å². The van der Waals surface area contributed by atoms with Crippen LogP contribution in [0.25, 0.3) is 11.1 Å². The molecule has 0 aliphatic carbocycles. The summed E-state index contributed by atoms with van der Waals surface area (Å²) in [5, 5.41) is 18.6. The Balaban J connectivity index is 1.80. The lowest BCUT2D eigenvalue weighted by molar-refractivity contribution is -0.140. The van der Waals surface area contributed by atoms with Crippen LogP contribution in [0.2, 0.25) is 0 Å². The molecule has 0 fully saturated rings. The largest absolute Gasteiger partial charge is 0.492 e. The Morgan fingerprint density at radius 2 is 1.88 bits per heavy atom. The Hall–Kier alpha value is -4.08. The first-order valence-electron chi connectivity index (χ1n) is 13.5. The van der Waals surface area contributed by atoms with Crippen LogP contribution in [0, 0.1) is 17.1 Å². The predicted octanol–water partition coefficient (Wildman–Crippen LogP) is 4.80. The second kappa shape index (κ2) is 12.8. The van der Waals surface area contributed by atoms with Gasteiger partial charge in [-0.15, -0.1) is 0 Å². The first kappa shape index (κ1) is 30.9. The lowest BCUT2D eigenvalue weighted by atomic mass is 9.86. The number of aromatic nitrogens is 2. The number of nitriles is 1. The zero-order valence-corrected chi connectivity index (χ0v) is 23.5. The van der Waals surface area contributed by atoms with Gasteiger partial charge in [0.2, 0.25) is 0 Å². The number of carbonyl (C=O) groups is 1. The molecule has 1 aliphatic heterocycles. The van der Waals surface area contributed by atoms with E-state index < -0.39 is 35.2 Å². The van der Waals surface area contributed by atoms with Gasteiger partial charge < -0.3 is 19.6 Å². The molecule has 0 saturated heterocycles. The van der Waals surface area contributed by atoms with Crippen LogP contribution in [0.4, 0.5) is 17.6 Å². The van der Waals surface area contributed by atoms with Crippen molar-refractivity contribution in [3.05, 3.63) is 76.1 Å². The number of aliphatic hydroxyl groups excluding tert-OH is 1. The maximum Gasteiger partial charge on any atom is 0.433 e. The van der Waals surface area contributed by atoms with E-state index in [-0.39, 0.29) is 36.3 Å². The molecule has 3 aromatic rings. The Morgan fingerprint density at radius 3 is 2.55 bits per heavy atom. The Labute approximate surface area is 241 Å². The molecule has 2 aromatic heterocycles. The average molecular weight is 586 g/mol. The van der Waals surface area contributed by atoms with Gasteiger partial charge in [-0.25, -0.2) is 9.37 Å². The summed E-state index contributed by atoms with van der Waals surface area (Å²) in [6.45, 7) is 4.87. The molecule has 0 saturated carbocycles. The second-order valence-corrected chi connectivity index (χ2v) is 10.1. The fourth-order valence-electron chi connectivity index (χ4n) is 5.11. The van der Waals surface area contributed by atoms with E-state index in [1.165, 1.54) is 6.20 Å². The molecule has 3 heterocycles. The van der Waals surface area contributed by atoms with Crippen molar-refractivity contribution in [2.75, 3.05) is 39.9 Å². The number of ether oxygens (including phenoxy) is 1. The van der Waals surface area contributed by atoms with Gasteiger partial charge in [0.1, 0.15) is 23.2 Å². The third-order valence-corrected chi connectivity index (χ3v) is 7.28. The number of fused-ring (bicyclic) bond motifs is 1. The number of amides is 1. The molecule has 0 radical (unpaired) electrons. The minimum absolute atomic E-state index is 0.0600. The fourth-order valence-corrected chi connectivity index (χ4v) is 5.11. The highest BCUT2D eigenvalue weighted by Gasteiger charge is 2.38. The fraction of sp³-hybridized carbons (Fsp3) is 0.400. The van der Waals surface area contributed by atoms with Gasteiger partial charge in [0.25, 0.3) is 5.91 Å². The lowest BCUT2D eigenvalue weighted by Gasteiger charge is -2.35. The van der Waals surface area contributed by atoms with E-state index in [0.717, 1.165) is 6.07 Å². The van der Waals surface area contributed by atoms with Gasteiger partial charge in [-0.2, -0.15) is 18.4 Å². The molecular formula is C30H31F4N5O3. The van der Waals surface area contributed by atoms with Crippen LogP contribution in [0.3, 0.4) is 0 Å². The Bertz CT molecular complexity index is 1510. The monoisotopic (exact) mass is 585 g/mol.